The Hall–Kier alpha value is -1.19. The maximum Gasteiger partial charge on any atom is 0.176 e. The van der Waals surface area contributed by atoms with E-state index in [1.54, 1.807) is 0 Å². The average Bonchev–Trinajstić information content (AvgIpc) is 2.36. The maximum atomic E-state index is 12.3. The fourth-order valence-electron chi connectivity index (χ4n) is 2.93. The standard InChI is InChI=1S/C17H25NO2/c1-5-14-6-8-15(9-7-14)16(19)11-18-10-13(2)20-17(3,4)12-18/h6-9,13H,5,10-12H2,1-4H3. The fourth-order valence-corrected chi connectivity index (χ4v) is 2.93. The van der Waals surface area contributed by atoms with E-state index < -0.39 is 0 Å². The smallest absolute Gasteiger partial charge is 0.176 e. The van der Waals surface area contributed by atoms with Crippen LogP contribution < -0.4 is 0 Å². The van der Waals surface area contributed by atoms with Crippen molar-refractivity contribution in [1.29, 1.82) is 0 Å². The SMILES string of the molecule is CCc1ccc(C(=O)CN2CC(C)OC(C)(C)C2)cc1. The molecule has 1 heterocycles. The lowest BCUT2D eigenvalue weighted by Gasteiger charge is -2.41. The quantitative estimate of drug-likeness (QED) is 0.791. The van der Waals surface area contributed by atoms with Crippen molar-refractivity contribution in [2.75, 3.05) is 19.6 Å². The fraction of sp³-hybridized carbons (Fsp3) is 0.588. The van der Waals surface area contributed by atoms with Crippen LogP contribution >= 0.6 is 0 Å². The summed E-state index contributed by atoms with van der Waals surface area (Å²) in [7, 11) is 0. The van der Waals surface area contributed by atoms with Crippen LogP contribution in [0.5, 0.6) is 0 Å². The first-order valence-corrected chi connectivity index (χ1v) is 7.42. The molecular weight excluding hydrogens is 250 g/mol. The van der Waals surface area contributed by atoms with Gasteiger partial charge in [0.05, 0.1) is 18.2 Å². The number of hydrogen-bond donors (Lipinski definition) is 0. The summed E-state index contributed by atoms with van der Waals surface area (Å²) in [6.45, 7) is 10.4. The topological polar surface area (TPSA) is 29.5 Å². The molecule has 1 atom stereocenters. The summed E-state index contributed by atoms with van der Waals surface area (Å²) in [6.07, 6.45) is 1.18. The first kappa shape index (κ1) is 15.2. The number of aryl methyl sites for hydroxylation is 1. The summed E-state index contributed by atoms with van der Waals surface area (Å²) in [5.74, 6) is 0.192. The second-order valence-electron chi connectivity index (χ2n) is 6.33. The molecule has 1 aliphatic rings. The molecule has 1 aromatic carbocycles. The molecule has 1 aliphatic heterocycles. The number of rotatable bonds is 4. The van der Waals surface area contributed by atoms with Crippen molar-refractivity contribution < 1.29 is 9.53 Å². The van der Waals surface area contributed by atoms with Crippen LogP contribution in [0.4, 0.5) is 0 Å². The lowest BCUT2D eigenvalue weighted by molar-refractivity contribution is -0.126. The minimum atomic E-state index is -0.177. The highest BCUT2D eigenvalue weighted by molar-refractivity contribution is 5.97. The Bertz CT molecular complexity index is 464. The summed E-state index contributed by atoms with van der Waals surface area (Å²) < 4.78 is 5.87. The van der Waals surface area contributed by atoms with E-state index in [0.717, 1.165) is 25.1 Å². The normalized spacial score (nSPS) is 22.7. The van der Waals surface area contributed by atoms with Gasteiger partial charge < -0.3 is 4.74 Å². The summed E-state index contributed by atoms with van der Waals surface area (Å²) in [6, 6.07) is 7.96. The highest BCUT2D eigenvalue weighted by Crippen LogP contribution is 2.21. The van der Waals surface area contributed by atoms with Crippen molar-refractivity contribution >= 4 is 5.78 Å². The van der Waals surface area contributed by atoms with Gasteiger partial charge in [-0.25, -0.2) is 0 Å². The van der Waals surface area contributed by atoms with E-state index in [0.29, 0.717) is 6.54 Å². The number of benzene rings is 1. The molecule has 110 valence electrons. The predicted molar refractivity (Wildman–Crippen MR) is 81.2 cm³/mol. The third-order valence-electron chi connectivity index (χ3n) is 3.69. The van der Waals surface area contributed by atoms with Gasteiger partial charge in [0, 0.05) is 18.7 Å². The number of carbonyl (C=O) groups excluding carboxylic acids is 1. The van der Waals surface area contributed by atoms with E-state index in [9.17, 15) is 4.79 Å². The van der Waals surface area contributed by atoms with Gasteiger partial charge >= 0.3 is 0 Å². The number of nitrogens with zero attached hydrogens (tertiary/aromatic N) is 1. The molecule has 0 aliphatic carbocycles. The molecule has 3 heteroatoms. The molecule has 1 fully saturated rings. The van der Waals surface area contributed by atoms with E-state index >= 15 is 0 Å². The Morgan fingerprint density at radius 3 is 2.55 bits per heavy atom. The molecule has 2 rings (SSSR count). The highest BCUT2D eigenvalue weighted by Gasteiger charge is 2.32. The van der Waals surface area contributed by atoms with E-state index in [1.165, 1.54) is 5.56 Å². The number of carbonyl (C=O) groups is 1. The Morgan fingerprint density at radius 2 is 2.00 bits per heavy atom. The molecule has 0 amide bonds. The van der Waals surface area contributed by atoms with Crippen LogP contribution in [-0.2, 0) is 11.2 Å². The third-order valence-corrected chi connectivity index (χ3v) is 3.69. The van der Waals surface area contributed by atoms with Crippen molar-refractivity contribution in [2.24, 2.45) is 0 Å². The van der Waals surface area contributed by atoms with Crippen LogP contribution in [0.15, 0.2) is 24.3 Å². The van der Waals surface area contributed by atoms with Crippen LogP contribution in [0.3, 0.4) is 0 Å². The summed E-state index contributed by atoms with van der Waals surface area (Å²) in [5, 5.41) is 0. The summed E-state index contributed by atoms with van der Waals surface area (Å²) in [5.41, 5.74) is 1.89. The average molecular weight is 275 g/mol. The number of ketones is 1. The Labute approximate surface area is 121 Å². The van der Waals surface area contributed by atoms with Crippen molar-refractivity contribution in [3.05, 3.63) is 35.4 Å². The van der Waals surface area contributed by atoms with Gasteiger partial charge in [0.15, 0.2) is 5.78 Å². The molecule has 0 spiro atoms. The van der Waals surface area contributed by atoms with Gasteiger partial charge in [-0.05, 0) is 32.8 Å². The zero-order chi connectivity index (χ0) is 14.8. The number of Topliss-reactive ketones (excluding diaryl/α,β-unsaturated/α-hetero) is 1. The van der Waals surface area contributed by atoms with E-state index in [4.69, 9.17) is 4.74 Å². The number of morpholine rings is 1. The van der Waals surface area contributed by atoms with Gasteiger partial charge in [-0.2, -0.15) is 0 Å². The van der Waals surface area contributed by atoms with Crippen molar-refractivity contribution in [3.8, 4) is 0 Å². The number of hydrogen-bond acceptors (Lipinski definition) is 3. The molecule has 20 heavy (non-hydrogen) atoms. The molecule has 1 unspecified atom stereocenters. The maximum absolute atomic E-state index is 12.3. The zero-order valence-corrected chi connectivity index (χ0v) is 13.0. The van der Waals surface area contributed by atoms with Crippen LogP contribution in [0, 0.1) is 0 Å². The van der Waals surface area contributed by atoms with Crippen LogP contribution in [0.2, 0.25) is 0 Å². The van der Waals surface area contributed by atoms with Crippen molar-refractivity contribution in [1.82, 2.24) is 4.90 Å². The zero-order valence-electron chi connectivity index (χ0n) is 13.0. The van der Waals surface area contributed by atoms with Gasteiger partial charge in [-0.3, -0.25) is 9.69 Å². The molecular formula is C17H25NO2. The monoisotopic (exact) mass is 275 g/mol. The molecule has 0 saturated carbocycles. The largest absolute Gasteiger partial charge is 0.370 e. The lowest BCUT2D eigenvalue weighted by atomic mass is 10.0. The minimum absolute atomic E-state index is 0.175. The van der Waals surface area contributed by atoms with Gasteiger partial charge in [0.2, 0.25) is 0 Å². The minimum Gasteiger partial charge on any atom is -0.370 e. The highest BCUT2D eigenvalue weighted by atomic mass is 16.5. The molecule has 0 radical (unpaired) electrons. The van der Waals surface area contributed by atoms with Gasteiger partial charge in [0.1, 0.15) is 0 Å². The summed E-state index contributed by atoms with van der Waals surface area (Å²) in [4.78, 5) is 14.5. The molecule has 3 nitrogen and oxygen atoms in total. The Balaban J connectivity index is 1.99. The van der Waals surface area contributed by atoms with Gasteiger partial charge in [-0.1, -0.05) is 31.2 Å². The van der Waals surface area contributed by atoms with E-state index in [-0.39, 0.29) is 17.5 Å². The van der Waals surface area contributed by atoms with Gasteiger partial charge in [0.25, 0.3) is 0 Å². The van der Waals surface area contributed by atoms with E-state index in [1.807, 2.05) is 24.3 Å². The lowest BCUT2D eigenvalue weighted by Crippen LogP contribution is -2.53. The van der Waals surface area contributed by atoms with Crippen molar-refractivity contribution in [2.45, 2.75) is 45.8 Å². The second-order valence-corrected chi connectivity index (χ2v) is 6.33. The van der Waals surface area contributed by atoms with Crippen LogP contribution in [0.1, 0.15) is 43.6 Å². The second kappa shape index (κ2) is 6.06. The molecule has 1 aromatic rings. The molecule has 0 bridgehead atoms. The Morgan fingerprint density at radius 1 is 1.35 bits per heavy atom. The number of ether oxygens (including phenoxy) is 1. The molecule has 1 saturated heterocycles. The Kier molecular flexibility index (Phi) is 4.61. The van der Waals surface area contributed by atoms with Crippen LogP contribution in [0.25, 0.3) is 0 Å². The molecule has 0 N–H and O–H groups in total. The third kappa shape index (κ3) is 3.90. The molecule has 0 aromatic heterocycles. The first-order chi connectivity index (χ1) is 9.39. The predicted octanol–water partition coefficient (Wildman–Crippen LogP) is 2.93. The van der Waals surface area contributed by atoms with Crippen molar-refractivity contribution in [3.63, 3.8) is 0 Å². The van der Waals surface area contributed by atoms with E-state index in [2.05, 4.69) is 32.6 Å². The summed E-state index contributed by atoms with van der Waals surface area (Å²) >= 11 is 0. The van der Waals surface area contributed by atoms with Gasteiger partial charge in [-0.15, -0.1) is 0 Å². The first-order valence-electron chi connectivity index (χ1n) is 7.42. The van der Waals surface area contributed by atoms with Crippen LogP contribution in [-0.4, -0.2) is 42.0 Å².